The first-order valence-corrected chi connectivity index (χ1v) is 7.64. The number of hydrogen-bond donors (Lipinski definition) is 0. The molecule has 1 unspecified atom stereocenters. The molecule has 4 nitrogen and oxygen atoms in total. The van der Waals surface area contributed by atoms with Gasteiger partial charge in [0.15, 0.2) is 5.82 Å². The molecule has 0 aliphatic heterocycles. The van der Waals surface area contributed by atoms with E-state index in [0.29, 0.717) is 17.3 Å². The van der Waals surface area contributed by atoms with E-state index in [4.69, 9.17) is 9.78 Å². The zero-order valence-electron chi connectivity index (χ0n) is 11.1. The molecule has 0 fully saturated rings. The molecular weight excluding hydrogens is 282 g/mol. The highest BCUT2D eigenvalue weighted by Crippen LogP contribution is 2.37. The van der Waals surface area contributed by atoms with Crippen molar-refractivity contribution in [3.63, 3.8) is 0 Å². The van der Waals surface area contributed by atoms with Crippen molar-refractivity contribution in [1.29, 1.82) is 5.26 Å². The van der Waals surface area contributed by atoms with E-state index >= 15 is 0 Å². The molecule has 21 heavy (non-hydrogen) atoms. The Kier molecular flexibility index (Phi) is 2.83. The summed E-state index contributed by atoms with van der Waals surface area (Å²) in [4.78, 5) is 5.28. The maximum atomic E-state index is 9.08. The topological polar surface area (TPSA) is 62.7 Å². The molecule has 2 heterocycles. The number of rotatable bonds is 2. The third kappa shape index (κ3) is 1.96. The summed E-state index contributed by atoms with van der Waals surface area (Å²) in [5.74, 6) is 1.36. The zero-order valence-corrected chi connectivity index (χ0v) is 11.9. The summed E-state index contributed by atoms with van der Waals surface area (Å²) in [5, 5.41) is 15.1. The van der Waals surface area contributed by atoms with Crippen molar-refractivity contribution in [1.82, 2.24) is 10.1 Å². The van der Waals surface area contributed by atoms with Gasteiger partial charge in [0.05, 0.1) is 5.56 Å². The lowest BCUT2D eigenvalue weighted by Gasteiger charge is -2.05. The summed E-state index contributed by atoms with van der Waals surface area (Å²) in [6.45, 7) is 0. The van der Waals surface area contributed by atoms with Crippen LogP contribution in [0.15, 0.2) is 40.2 Å². The summed E-state index contributed by atoms with van der Waals surface area (Å²) >= 11 is 1.45. The SMILES string of the molecule is N#Cc1ccsc1-c1nc(C2CCc3ccccc32)no1. The molecule has 0 amide bonds. The number of nitriles is 1. The number of fused-ring (bicyclic) bond motifs is 1. The summed E-state index contributed by atoms with van der Waals surface area (Å²) < 4.78 is 5.38. The Morgan fingerprint density at radius 1 is 1.29 bits per heavy atom. The zero-order chi connectivity index (χ0) is 14.2. The number of benzene rings is 1. The van der Waals surface area contributed by atoms with E-state index in [9.17, 15) is 0 Å². The van der Waals surface area contributed by atoms with Crippen LogP contribution in [0.3, 0.4) is 0 Å². The number of hydrogen-bond acceptors (Lipinski definition) is 5. The second-order valence-electron chi connectivity index (χ2n) is 5.02. The van der Waals surface area contributed by atoms with E-state index in [2.05, 4.69) is 34.4 Å². The molecule has 0 radical (unpaired) electrons. The average Bonchev–Trinajstić information content (AvgIpc) is 3.24. The third-order valence-electron chi connectivity index (χ3n) is 3.87. The Balaban J connectivity index is 1.72. The van der Waals surface area contributed by atoms with E-state index in [-0.39, 0.29) is 5.92 Å². The standard InChI is InChI=1S/C16H11N3OS/c17-9-11-7-8-21-14(11)16-18-15(19-20-16)13-6-5-10-3-1-2-4-12(10)13/h1-4,7-8,13H,5-6H2. The molecule has 1 aromatic carbocycles. The number of aromatic nitrogens is 2. The lowest BCUT2D eigenvalue weighted by molar-refractivity contribution is 0.419. The van der Waals surface area contributed by atoms with Crippen molar-refractivity contribution in [3.8, 4) is 16.8 Å². The van der Waals surface area contributed by atoms with Crippen LogP contribution in [0.1, 0.15) is 34.9 Å². The van der Waals surface area contributed by atoms with E-state index in [0.717, 1.165) is 17.7 Å². The molecule has 0 bridgehead atoms. The lowest BCUT2D eigenvalue weighted by Crippen LogP contribution is -1.98. The fourth-order valence-electron chi connectivity index (χ4n) is 2.86. The van der Waals surface area contributed by atoms with Crippen LogP contribution in [0.2, 0.25) is 0 Å². The molecule has 0 spiro atoms. The van der Waals surface area contributed by atoms with Gasteiger partial charge in [-0.05, 0) is 35.4 Å². The molecule has 0 saturated carbocycles. The van der Waals surface area contributed by atoms with Crippen LogP contribution in [0.25, 0.3) is 10.8 Å². The first kappa shape index (κ1) is 12.3. The van der Waals surface area contributed by atoms with E-state index in [1.165, 1.54) is 22.5 Å². The Hall–Kier alpha value is -2.45. The van der Waals surface area contributed by atoms with Gasteiger partial charge in [0.2, 0.25) is 0 Å². The van der Waals surface area contributed by atoms with Crippen LogP contribution in [0.4, 0.5) is 0 Å². The minimum Gasteiger partial charge on any atom is -0.333 e. The number of aryl methyl sites for hydroxylation is 1. The maximum absolute atomic E-state index is 9.08. The van der Waals surface area contributed by atoms with E-state index < -0.39 is 0 Å². The van der Waals surface area contributed by atoms with Gasteiger partial charge in [0.1, 0.15) is 10.9 Å². The van der Waals surface area contributed by atoms with E-state index in [1.807, 2.05) is 11.4 Å². The van der Waals surface area contributed by atoms with Gasteiger partial charge < -0.3 is 4.52 Å². The highest BCUT2D eigenvalue weighted by molar-refractivity contribution is 7.13. The van der Waals surface area contributed by atoms with Crippen LogP contribution < -0.4 is 0 Å². The highest BCUT2D eigenvalue weighted by atomic mass is 32.1. The fraction of sp³-hybridized carbons (Fsp3) is 0.188. The second-order valence-corrected chi connectivity index (χ2v) is 5.94. The van der Waals surface area contributed by atoms with Gasteiger partial charge in [0.25, 0.3) is 5.89 Å². The van der Waals surface area contributed by atoms with Gasteiger partial charge in [0, 0.05) is 5.92 Å². The van der Waals surface area contributed by atoms with Gasteiger partial charge >= 0.3 is 0 Å². The summed E-state index contributed by atoms with van der Waals surface area (Å²) in [5.41, 5.74) is 3.24. The van der Waals surface area contributed by atoms with Gasteiger partial charge in [-0.1, -0.05) is 29.4 Å². The summed E-state index contributed by atoms with van der Waals surface area (Å²) in [6, 6.07) is 12.3. The Bertz CT molecular complexity index is 843. The predicted octanol–water partition coefficient (Wildman–Crippen LogP) is 3.75. The number of nitrogens with zero attached hydrogens (tertiary/aromatic N) is 3. The summed E-state index contributed by atoms with van der Waals surface area (Å²) in [6.07, 6.45) is 2.06. The van der Waals surface area contributed by atoms with Gasteiger partial charge in [-0.3, -0.25) is 0 Å². The Morgan fingerprint density at radius 3 is 3.10 bits per heavy atom. The minimum absolute atomic E-state index is 0.198. The van der Waals surface area contributed by atoms with E-state index in [1.54, 1.807) is 6.07 Å². The quantitative estimate of drug-likeness (QED) is 0.722. The van der Waals surface area contributed by atoms with Gasteiger partial charge in [-0.25, -0.2) is 0 Å². The normalized spacial score (nSPS) is 16.6. The molecule has 4 rings (SSSR count). The molecule has 1 aliphatic rings. The predicted molar refractivity (Wildman–Crippen MR) is 78.9 cm³/mol. The van der Waals surface area contributed by atoms with Crippen molar-refractivity contribution < 1.29 is 4.52 Å². The van der Waals surface area contributed by atoms with Crippen LogP contribution in [0.5, 0.6) is 0 Å². The highest BCUT2D eigenvalue weighted by Gasteiger charge is 2.28. The monoisotopic (exact) mass is 293 g/mol. The van der Waals surface area contributed by atoms with Crippen LogP contribution in [0, 0.1) is 11.3 Å². The Labute approximate surface area is 125 Å². The van der Waals surface area contributed by atoms with Crippen molar-refractivity contribution in [2.24, 2.45) is 0 Å². The van der Waals surface area contributed by atoms with Crippen LogP contribution >= 0.6 is 11.3 Å². The molecule has 2 aromatic heterocycles. The molecule has 5 heteroatoms. The summed E-state index contributed by atoms with van der Waals surface area (Å²) in [7, 11) is 0. The lowest BCUT2D eigenvalue weighted by atomic mass is 10.0. The van der Waals surface area contributed by atoms with Crippen molar-refractivity contribution in [2.75, 3.05) is 0 Å². The van der Waals surface area contributed by atoms with Crippen LogP contribution in [-0.4, -0.2) is 10.1 Å². The Morgan fingerprint density at radius 2 is 2.19 bits per heavy atom. The first-order valence-electron chi connectivity index (χ1n) is 6.76. The molecular formula is C16H11N3OS. The maximum Gasteiger partial charge on any atom is 0.269 e. The number of thiophene rings is 1. The fourth-order valence-corrected chi connectivity index (χ4v) is 3.62. The van der Waals surface area contributed by atoms with Crippen molar-refractivity contribution in [3.05, 3.63) is 58.2 Å². The molecule has 0 N–H and O–H groups in total. The first-order chi connectivity index (χ1) is 10.4. The van der Waals surface area contributed by atoms with Crippen LogP contribution in [-0.2, 0) is 6.42 Å². The van der Waals surface area contributed by atoms with Crippen molar-refractivity contribution >= 4 is 11.3 Å². The molecule has 1 atom stereocenters. The smallest absolute Gasteiger partial charge is 0.269 e. The van der Waals surface area contributed by atoms with Gasteiger partial charge in [-0.2, -0.15) is 10.2 Å². The largest absolute Gasteiger partial charge is 0.333 e. The minimum atomic E-state index is 0.198. The molecule has 102 valence electrons. The van der Waals surface area contributed by atoms with Gasteiger partial charge in [-0.15, -0.1) is 11.3 Å². The average molecular weight is 293 g/mol. The van der Waals surface area contributed by atoms with Crippen molar-refractivity contribution in [2.45, 2.75) is 18.8 Å². The third-order valence-corrected chi connectivity index (χ3v) is 4.77. The second kappa shape index (κ2) is 4.83. The molecule has 1 aliphatic carbocycles. The molecule has 0 saturated heterocycles. The molecule has 3 aromatic rings.